The zero-order chi connectivity index (χ0) is 15.4. The van der Waals surface area contributed by atoms with Gasteiger partial charge in [-0.25, -0.2) is 9.78 Å². The molecule has 6 heteroatoms. The molecule has 21 heavy (non-hydrogen) atoms. The standard InChI is InChI=1S/C15H12ClNO4/c16-11-1-2-14(19)10(7-11)8-12(18)5-9-3-4-17-13(6-9)15(20)21/h1-4,6-7,19H,5,8H2,(H,20,21). The second-order valence-electron chi connectivity index (χ2n) is 4.52. The average Bonchev–Trinajstić information content (AvgIpc) is 2.43. The molecule has 2 rings (SSSR count). The molecule has 0 bridgehead atoms. The Kier molecular flexibility index (Phi) is 4.55. The molecule has 1 heterocycles. The maximum absolute atomic E-state index is 12.0. The van der Waals surface area contributed by atoms with Gasteiger partial charge in [-0.1, -0.05) is 11.6 Å². The third-order valence-electron chi connectivity index (χ3n) is 2.87. The lowest BCUT2D eigenvalue weighted by Crippen LogP contribution is -2.08. The minimum atomic E-state index is -1.14. The number of aromatic carboxylic acids is 1. The van der Waals surface area contributed by atoms with E-state index in [9.17, 15) is 14.7 Å². The van der Waals surface area contributed by atoms with E-state index in [4.69, 9.17) is 16.7 Å². The fraction of sp³-hybridized carbons (Fsp3) is 0.133. The highest BCUT2D eigenvalue weighted by Crippen LogP contribution is 2.22. The van der Waals surface area contributed by atoms with E-state index in [1.54, 1.807) is 6.07 Å². The Bertz CT molecular complexity index is 700. The van der Waals surface area contributed by atoms with Gasteiger partial charge in [-0.3, -0.25) is 4.79 Å². The number of aromatic nitrogens is 1. The van der Waals surface area contributed by atoms with Crippen molar-refractivity contribution in [3.05, 3.63) is 58.4 Å². The fourth-order valence-corrected chi connectivity index (χ4v) is 2.09. The SMILES string of the molecule is O=C(Cc1ccnc(C(=O)O)c1)Cc1cc(Cl)ccc1O. The molecule has 108 valence electrons. The Labute approximate surface area is 125 Å². The summed E-state index contributed by atoms with van der Waals surface area (Å²) in [5, 5.41) is 19.0. The molecule has 1 aromatic carbocycles. The van der Waals surface area contributed by atoms with E-state index in [2.05, 4.69) is 4.98 Å². The highest BCUT2D eigenvalue weighted by Gasteiger charge is 2.11. The third kappa shape index (κ3) is 4.03. The van der Waals surface area contributed by atoms with Crippen molar-refractivity contribution in [1.29, 1.82) is 0 Å². The number of halogens is 1. The van der Waals surface area contributed by atoms with E-state index in [1.165, 1.54) is 30.5 Å². The van der Waals surface area contributed by atoms with Crippen LogP contribution in [-0.4, -0.2) is 26.9 Å². The normalized spacial score (nSPS) is 10.3. The number of rotatable bonds is 5. The predicted molar refractivity (Wildman–Crippen MR) is 76.7 cm³/mol. The summed E-state index contributed by atoms with van der Waals surface area (Å²) < 4.78 is 0. The predicted octanol–water partition coefficient (Wildman–Crippen LogP) is 2.49. The second kappa shape index (κ2) is 6.37. The summed E-state index contributed by atoms with van der Waals surface area (Å²) in [7, 11) is 0. The van der Waals surface area contributed by atoms with Crippen molar-refractivity contribution in [2.45, 2.75) is 12.8 Å². The monoisotopic (exact) mass is 305 g/mol. The van der Waals surface area contributed by atoms with Crippen molar-refractivity contribution in [1.82, 2.24) is 4.98 Å². The van der Waals surface area contributed by atoms with Gasteiger partial charge < -0.3 is 10.2 Å². The van der Waals surface area contributed by atoms with Gasteiger partial charge in [0.05, 0.1) is 0 Å². The quantitative estimate of drug-likeness (QED) is 0.886. The van der Waals surface area contributed by atoms with Gasteiger partial charge in [0.15, 0.2) is 0 Å². The number of carboxylic acid groups (broad SMARTS) is 1. The van der Waals surface area contributed by atoms with Crippen molar-refractivity contribution in [3.63, 3.8) is 0 Å². The maximum Gasteiger partial charge on any atom is 0.354 e. The van der Waals surface area contributed by atoms with Crippen molar-refractivity contribution in [3.8, 4) is 5.75 Å². The number of pyridine rings is 1. The number of Topliss-reactive ketones (excluding diaryl/α,β-unsaturated/α-hetero) is 1. The molecule has 0 spiro atoms. The van der Waals surface area contributed by atoms with Crippen LogP contribution in [0.25, 0.3) is 0 Å². The summed E-state index contributed by atoms with van der Waals surface area (Å²) in [6.45, 7) is 0. The van der Waals surface area contributed by atoms with Crippen LogP contribution in [-0.2, 0) is 17.6 Å². The number of phenolic OH excluding ortho intramolecular Hbond substituents is 1. The maximum atomic E-state index is 12.0. The van der Waals surface area contributed by atoms with E-state index in [1.807, 2.05) is 0 Å². The number of carbonyl (C=O) groups is 2. The van der Waals surface area contributed by atoms with Gasteiger partial charge in [-0.2, -0.15) is 0 Å². The summed E-state index contributed by atoms with van der Waals surface area (Å²) in [6.07, 6.45) is 1.44. The van der Waals surface area contributed by atoms with Crippen molar-refractivity contribution in [2.75, 3.05) is 0 Å². The Hall–Kier alpha value is -2.40. The average molecular weight is 306 g/mol. The molecule has 5 nitrogen and oxygen atoms in total. The van der Waals surface area contributed by atoms with Crippen LogP contribution in [0.1, 0.15) is 21.6 Å². The lowest BCUT2D eigenvalue weighted by molar-refractivity contribution is -0.117. The molecule has 1 aromatic heterocycles. The summed E-state index contributed by atoms with van der Waals surface area (Å²) in [4.78, 5) is 26.5. The highest BCUT2D eigenvalue weighted by molar-refractivity contribution is 6.30. The summed E-state index contributed by atoms with van der Waals surface area (Å²) >= 11 is 5.82. The van der Waals surface area contributed by atoms with Gasteiger partial charge in [0.2, 0.25) is 0 Å². The van der Waals surface area contributed by atoms with Gasteiger partial charge in [-0.05, 0) is 35.9 Å². The van der Waals surface area contributed by atoms with Crippen LogP contribution in [0.4, 0.5) is 0 Å². The van der Waals surface area contributed by atoms with E-state index in [-0.39, 0.29) is 30.1 Å². The molecule has 0 amide bonds. The van der Waals surface area contributed by atoms with Gasteiger partial charge in [0.25, 0.3) is 0 Å². The van der Waals surface area contributed by atoms with Crippen LogP contribution >= 0.6 is 11.6 Å². The van der Waals surface area contributed by atoms with Gasteiger partial charge in [-0.15, -0.1) is 0 Å². The lowest BCUT2D eigenvalue weighted by Gasteiger charge is -2.05. The Morgan fingerprint density at radius 2 is 1.90 bits per heavy atom. The van der Waals surface area contributed by atoms with Crippen molar-refractivity contribution in [2.24, 2.45) is 0 Å². The van der Waals surface area contributed by atoms with Crippen LogP contribution in [0.5, 0.6) is 5.75 Å². The highest BCUT2D eigenvalue weighted by atomic mass is 35.5. The van der Waals surface area contributed by atoms with E-state index in [0.29, 0.717) is 16.1 Å². The number of carboxylic acids is 1. The van der Waals surface area contributed by atoms with E-state index in [0.717, 1.165) is 0 Å². The van der Waals surface area contributed by atoms with Crippen LogP contribution in [0.15, 0.2) is 36.5 Å². The van der Waals surface area contributed by atoms with Crippen molar-refractivity contribution >= 4 is 23.4 Å². The molecule has 0 aliphatic rings. The van der Waals surface area contributed by atoms with Crippen molar-refractivity contribution < 1.29 is 19.8 Å². The molecule has 0 unspecified atom stereocenters. The Balaban J connectivity index is 2.10. The van der Waals surface area contributed by atoms with Crippen LogP contribution in [0.2, 0.25) is 5.02 Å². The van der Waals surface area contributed by atoms with Crippen LogP contribution < -0.4 is 0 Å². The molecule has 2 aromatic rings. The number of carbonyl (C=O) groups excluding carboxylic acids is 1. The number of ketones is 1. The Morgan fingerprint density at radius 3 is 2.62 bits per heavy atom. The first-order valence-corrected chi connectivity index (χ1v) is 6.51. The molecule has 0 atom stereocenters. The first kappa shape index (κ1) is 15.0. The molecule has 0 aliphatic heterocycles. The molecule has 0 fully saturated rings. The topological polar surface area (TPSA) is 87.5 Å². The van der Waals surface area contributed by atoms with E-state index < -0.39 is 5.97 Å². The molecule has 0 aliphatic carbocycles. The second-order valence-corrected chi connectivity index (χ2v) is 4.96. The number of benzene rings is 1. The number of nitrogens with zero attached hydrogens (tertiary/aromatic N) is 1. The Morgan fingerprint density at radius 1 is 1.14 bits per heavy atom. The largest absolute Gasteiger partial charge is 0.508 e. The fourth-order valence-electron chi connectivity index (χ4n) is 1.90. The minimum absolute atomic E-state index is 0.00806. The summed E-state index contributed by atoms with van der Waals surface area (Å²) in [5.41, 5.74) is 0.903. The third-order valence-corrected chi connectivity index (χ3v) is 3.11. The van der Waals surface area contributed by atoms with Gasteiger partial charge >= 0.3 is 5.97 Å². The summed E-state index contributed by atoms with van der Waals surface area (Å²) in [6, 6.07) is 7.44. The van der Waals surface area contributed by atoms with Gasteiger partial charge in [0, 0.05) is 29.6 Å². The van der Waals surface area contributed by atoms with Crippen LogP contribution in [0.3, 0.4) is 0 Å². The number of phenols is 1. The number of hydrogen-bond donors (Lipinski definition) is 2. The zero-order valence-electron chi connectivity index (χ0n) is 10.9. The smallest absolute Gasteiger partial charge is 0.354 e. The van der Waals surface area contributed by atoms with E-state index >= 15 is 0 Å². The van der Waals surface area contributed by atoms with Crippen LogP contribution in [0, 0.1) is 0 Å². The molecular formula is C15H12ClNO4. The zero-order valence-corrected chi connectivity index (χ0v) is 11.7. The molecule has 0 radical (unpaired) electrons. The summed E-state index contributed by atoms with van der Waals surface area (Å²) in [5.74, 6) is -1.29. The first-order chi connectivity index (χ1) is 9.95. The molecule has 0 saturated carbocycles. The molecule has 0 saturated heterocycles. The lowest BCUT2D eigenvalue weighted by atomic mass is 10.0. The number of aromatic hydroxyl groups is 1. The van der Waals surface area contributed by atoms with Gasteiger partial charge in [0.1, 0.15) is 17.2 Å². The first-order valence-electron chi connectivity index (χ1n) is 6.13. The minimum Gasteiger partial charge on any atom is -0.508 e. The number of hydrogen-bond acceptors (Lipinski definition) is 4. The molecular weight excluding hydrogens is 294 g/mol. The molecule has 2 N–H and O–H groups in total.